The van der Waals surface area contributed by atoms with Crippen molar-refractivity contribution in [3.63, 3.8) is 0 Å². The van der Waals surface area contributed by atoms with Crippen LogP contribution in [0.3, 0.4) is 0 Å². The summed E-state index contributed by atoms with van der Waals surface area (Å²) in [6.45, 7) is 4.37. The van der Waals surface area contributed by atoms with Crippen molar-refractivity contribution in [2.75, 3.05) is 44.0 Å². The molecule has 1 aromatic carbocycles. The van der Waals surface area contributed by atoms with Crippen molar-refractivity contribution < 1.29 is 23.8 Å². The first-order valence-corrected chi connectivity index (χ1v) is 9.52. The lowest BCUT2D eigenvalue weighted by Gasteiger charge is -2.23. The van der Waals surface area contributed by atoms with E-state index in [0.29, 0.717) is 50.0 Å². The van der Waals surface area contributed by atoms with Gasteiger partial charge >= 0.3 is 0 Å². The third-order valence-electron chi connectivity index (χ3n) is 4.00. The fourth-order valence-corrected chi connectivity index (χ4v) is 3.16. The number of benzene rings is 1. The van der Waals surface area contributed by atoms with Gasteiger partial charge in [-0.05, 0) is 24.6 Å². The molecule has 1 saturated heterocycles. The van der Waals surface area contributed by atoms with Crippen molar-refractivity contribution in [3.05, 3.63) is 40.5 Å². The van der Waals surface area contributed by atoms with Crippen LogP contribution in [0.2, 0.25) is 0 Å². The van der Waals surface area contributed by atoms with Gasteiger partial charge in [0.05, 0.1) is 32.5 Å². The lowest BCUT2D eigenvalue weighted by atomic mass is 10.1. The van der Waals surface area contributed by atoms with Gasteiger partial charge < -0.3 is 24.8 Å². The van der Waals surface area contributed by atoms with Gasteiger partial charge in [0.2, 0.25) is 0 Å². The van der Waals surface area contributed by atoms with Gasteiger partial charge in [-0.3, -0.25) is 9.59 Å². The Kier molecular flexibility index (Phi) is 6.54. The highest BCUT2D eigenvalue weighted by Gasteiger charge is 2.18. The maximum absolute atomic E-state index is 12.4. The van der Waals surface area contributed by atoms with E-state index in [2.05, 4.69) is 10.6 Å². The molecule has 0 saturated carbocycles. The fourth-order valence-electron chi connectivity index (χ4n) is 2.53. The summed E-state index contributed by atoms with van der Waals surface area (Å²) in [4.78, 5) is 24.7. The molecule has 26 heavy (non-hydrogen) atoms. The molecule has 1 unspecified atom stereocenters. The minimum absolute atomic E-state index is 0.134. The van der Waals surface area contributed by atoms with E-state index in [1.54, 1.807) is 35.4 Å². The molecule has 0 spiro atoms. The van der Waals surface area contributed by atoms with Crippen LogP contribution in [-0.2, 0) is 19.0 Å². The third-order valence-corrected chi connectivity index (χ3v) is 4.78. The van der Waals surface area contributed by atoms with Gasteiger partial charge in [-0.25, -0.2) is 0 Å². The SMILES string of the molecule is Cc1ccc(C(=O)NCC2COCCO2)cc1NC(=O)C1=CSCCO1. The molecule has 1 fully saturated rings. The van der Waals surface area contributed by atoms with Crippen molar-refractivity contribution >= 4 is 29.3 Å². The molecule has 3 rings (SSSR count). The highest BCUT2D eigenvalue weighted by molar-refractivity contribution is 8.02. The largest absolute Gasteiger partial charge is 0.487 e. The topological polar surface area (TPSA) is 85.9 Å². The molecule has 0 aromatic heterocycles. The van der Waals surface area contributed by atoms with E-state index in [-0.39, 0.29) is 17.9 Å². The number of aryl methyl sites for hydroxylation is 1. The molecule has 2 aliphatic heterocycles. The summed E-state index contributed by atoms with van der Waals surface area (Å²) in [7, 11) is 0. The standard InChI is InChI=1S/C18H22N2O5S/c1-12-2-3-13(17(21)19-9-14-10-23-4-5-24-14)8-15(12)20-18(22)16-11-26-7-6-25-16/h2-3,8,11,14H,4-7,9-10H2,1H3,(H,19,21)(H,20,22). The van der Waals surface area contributed by atoms with Gasteiger partial charge in [-0.15, -0.1) is 11.8 Å². The smallest absolute Gasteiger partial charge is 0.291 e. The summed E-state index contributed by atoms with van der Waals surface area (Å²) in [5.41, 5.74) is 1.92. The van der Waals surface area contributed by atoms with Crippen LogP contribution in [0.5, 0.6) is 0 Å². The Morgan fingerprint density at radius 1 is 1.23 bits per heavy atom. The Bertz CT molecular complexity index is 701. The van der Waals surface area contributed by atoms with Crippen molar-refractivity contribution in [1.82, 2.24) is 5.32 Å². The molecule has 2 aliphatic rings. The summed E-state index contributed by atoms with van der Waals surface area (Å²) < 4.78 is 16.2. The van der Waals surface area contributed by atoms with Crippen molar-refractivity contribution in [2.45, 2.75) is 13.0 Å². The number of thioether (sulfide) groups is 1. The Labute approximate surface area is 156 Å². The molecular weight excluding hydrogens is 356 g/mol. The predicted octanol–water partition coefficient (Wildman–Crippen LogP) is 1.68. The molecule has 1 atom stereocenters. The van der Waals surface area contributed by atoms with E-state index in [1.165, 1.54) is 0 Å². The van der Waals surface area contributed by atoms with E-state index >= 15 is 0 Å². The van der Waals surface area contributed by atoms with E-state index in [0.717, 1.165) is 11.3 Å². The molecule has 2 heterocycles. The molecule has 2 amide bonds. The van der Waals surface area contributed by atoms with Crippen molar-refractivity contribution in [2.24, 2.45) is 0 Å². The maximum Gasteiger partial charge on any atom is 0.291 e. The van der Waals surface area contributed by atoms with Crippen LogP contribution in [0, 0.1) is 6.92 Å². The predicted molar refractivity (Wildman–Crippen MR) is 99.2 cm³/mol. The Morgan fingerprint density at radius 3 is 2.85 bits per heavy atom. The van der Waals surface area contributed by atoms with Crippen LogP contribution in [0.15, 0.2) is 29.4 Å². The number of carbonyl (C=O) groups is 2. The normalized spacial score (nSPS) is 19.9. The second kappa shape index (κ2) is 9.07. The minimum atomic E-state index is -0.314. The van der Waals surface area contributed by atoms with Crippen LogP contribution in [-0.4, -0.2) is 56.6 Å². The second-order valence-corrected chi connectivity index (χ2v) is 6.94. The molecule has 7 nitrogen and oxygen atoms in total. The lowest BCUT2D eigenvalue weighted by molar-refractivity contribution is -0.116. The molecule has 0 radical (unpaired) electrons. The highest BCUT2D eigenvalue weighted by Crippen LogP contribution is 2.20. The van der Waals surface area contributed by atoms with E-state index in [1.807, 2.05) is 6.92 Å². The van der Waals surface area contributed by atoms with Gasteiger partial charge in [-0.1, -0.05) is 6.07 Å². The summed E-state index contributed by atoms with van der Waals surface area (Å²) in [5.74, 6) is 0.593. The van der Waals surface area contributed by atoms with Crippen LogP contribution in [0.1, 0.15) is 15.9 Å². The van der Waals surface area contributed by atoms with Gasteiger partial charge in [0.1, 0.15) is 0 Å². The summed E-state index contributed by atoms with van der Waals surface area (Å²) in [5, 5.41) is 7.35. The number of amides is 2. The lowest BCUT2D eigenvalue weighted by Crippen LogP contribution is -2.39. The molecule has 140 valence electrons. The van der Waals surface area contributed by atoms with Gasteiger partial charge in [-0.2, -0.15) is 0 Å². The molecule has 2 N–H and O–H groups in total. The summed E-state index contributed by atoms with van der Waals surface area (Å²) >= 11 is 1.54. The van der Waals surface area contributed by atoms with Gasteiger partial charge in [0.25, 0.3) is 11.8 Å². The summed E-state index contributed by atoms with van der Waals surface area (Å²) in [6.07, 6.45) is -0.134. The molecule has 0 aliphatic carbocycles. The maximum atomic E-state index is 12.4. The molecule has 0 bridgehead atoms. The van der Waals surface area contributed by atoms with Crippen LogP contribution in [0.25, 0.3) is 0 Å². The Balaban J connectivity index is 1.61. The monoisotopic (exact) mass is 378 g/mol. The number of nitrogens with one attached hydrogen (secondary N) is 2. The number of ether oxygens (including phenoxy) is 3. The number of carbonyl (C=O) groups excluding carboxylic acids is 2. The second-order valence-electron chi connectivity index (χ2n) is 5.96. The average molecular weight is 378 g/mol. The first kappa shape index (κ1) is 18.8. The fraction of sp³-hybridized carbons (Fsp3) is 0.444. The Hall–Kier alpha value is -2.03. The quantitative estimate of drug-likeness (QED) is 0.811. The number of hydrogen-bond acceptors (Lipinski definition) is 6. The summed E-state index contributed by atoms with van der Waals surface area (Å²) in [6, 6.07) is 5.19. The number of anilines is 1. The zero-order valence-corrected chi connectivity index (χ0v) is 15.4. The third kappa shape index (κ3) is 5.00. The van der Waals surface area contributed by atoms with Crippen molar-refractivity contribution in [3.8, 4) is 0 Å². The van der Waals surface area contributed by atoms with E-state index in [4.69, 9.17) is 14.2 Å². The van der Waals surface area contributed by atoms with E-state index < -0.39 is 0 Å². The molecule has 8 heteroatoms. The van der Waals surface area contributed by atoms with Crippen molar-refractivity contribution in [1.29, 1.82) is 0 Å². The first-order chi connectivity index (χ1) is 12.6. The average Bonchev–Trinajstić information content (AvgIpc) is 2.69. The van der Waals surface area contributed by atoms with Gasteiger partial charge in [0, 0.05) is 29.0 Å². The molecule has 1 aromatic rings. The minimum Gasteiger partial charge on any atom is -0.487 e. The molecular formula is C18H22N2O5S. The number of rotatable bonds is 5. The Morgan fingerprint density at radius 2 is 2.12 bits per heavy atom. The van der Waals surface area contributed by atoms with E-state index in [9.17, 15) is 9.59 Å². The van der Waals surface area contributed by atoms with Crippen LogP contribution >= 0.6 is 11.8 Å². The van der Waals surface area contributed by atoms with Crippen LogP contribution < -0.4 is 10.6 Å². The van der Waals surface area contributed by atoms with Crippen LogP contribution in [0.4, 0.5) is 5.69 Å². The highest BCUT2D eigenvalue weighted by atomic mass is 32.2. The van der Waals surface area contributed by atoms with Gasteiger partial charge in [0.15, 0.2) is 5.76 Å². The number of hydrogen-bond donors (Lipinski definition) is 2. The zero-order chi connectivity index (χ0) is 18.4. The first-order valence-electron chi connectivity index (χ1n) is 8.47. The zero-order valence-electron chi connectivity index (χ0n) is 14.6.